The molecule has 0 spiro atoms. The van der Waals surface area contributed by atoms with Crippen LogP contribution in [0.25, 0.3) is 0 Å². The van der Waals surface area contributed by atoms with Crippen molar-refractivity contribution in [2.75, 3.05) is 13.2 Å². The maximum atomic E-state index is 12.0. The highest BCUT2D eigenvalue weighted by Crippen LogP contribution is 2.38. The van der Waals surface area contributed by atoms with Crippen LogP contribution in [0.4, 0.5) is 0 Å². The van der Waals surface area contributed by atoms with E-state index in [2.05, 4.69) is 6.92 Å². The minimum absolute atomic E-state index is 0.0244. The molecule has 18 heavy (non-hydrogen) atoms. The normalized spacial score (nSPS) is 28.2. The van der Waals surface area contributed by atoms with Gasteiger partial charge in [0.05, 0.1) is 11.4 Å². The number of carbonyl (C=O) groups excluding carboxylic acids is 1. The van der Waals surface area contributed by atoms with Crippen molar-refractivity contribution in [3.8, 4) is 0 Å². The first-order valence-electron chi connectivity index (χ1n) is 6.90. The fraction of sp³-hybridized carbons (Fsp3) is 0.786. The predicted octanol–water partition coefficient (Wildman–Crippen LogP) is 3.29. The fourth-order valence-corrected chi connectivity index (χ4v) is 3.43. The third-order valence-corrected chi connectivity index (χ3v) is 4.60. The van der Waals surface area contributed by atoms with Gasteiger partial charge in [0.1, 0.15) is 6.61 Å². The van der Waals surface area contributed by atoms with Crippen molar-refractivity contribution in [3.05, 3.63) is 10.7 Å². The summed E-state index contributed by atoms with van der Waals surface area (Å²) in [5.41, 5.74) is 0. The van der Waals surface area contributed by atoms with Crippen LogP contribution in [0, 0.1) is 0 Å². The van der Waals surface area contributed by atoms with Crippen LogP contribution in [0.1, 0.15) is 46.0 Å². The van der Waals surface area contributed by atoms with Crippen LogP contribution in [0.3, 0.4) is 0 Å². The Morgan fingerprint density at radius 3 is 3.00 bits per heavy atom. The molecule has 0 saturated carbocycles. The van der Waals surface area contributed by atoms with E-state index in [0.29, 0.717) is 12.4 Å². The summed E-state index contributed by atoms with van der Waals surface area (Å²) in [6.45, 7) is 5.48. The Hall–Kier alpha value is -0.480. The molecule has 2 atom stereocenters. The average Bonchev–Trinajstić information content (AvgIpc) is 2.95. The van der Waals surface area contributed by atoms with Crippen LogP contribution >= 0.6 is 11.8 Å². The first-order valence-corrected chi connectivity index (χ1v) is 7.78. The molecule has 2 heterocycles. The zero-order chi connectivity index (χ0) is 13.0. The standard InChI is InChI=1S/C14H22O3S/c1-3-4-7-12-14(13(15)10(2)18-12)17-9-11-6-5-8-16-11/h10-11H,3-9H2,1-2H3. The van der Waals surface area contributed by atoms with Crippen molar-refractivity contribution in [1.29, 1.82) is 0 Å². The monoisotopic (exact) mass is 270 g/mol. The van der Waals surface area contributed by atoms with Gasteiger partial charge in [0.25, 0.3) is 0 Å². The van der Waals surface area contributed by atoms with E-state index in [1.165, 1.54) is 0 Å². The second kappa shape index (κ2) is 6.62. The van der Waals surface area contributed by atoms with Gasteiger partial charge in [-0.25, -0.2) is 0 Å². The van der Waals surface area contributed by atoms with Gasteiger partial charge in [0, 0.05) is 11.5 Å². The molecule has 2 unspecified atom stereocenters. The van der Waals surface area contributed by atoms with E-state index in [0.717, 1.165) is 43.6 Å². The summed E-state index contributed by atoms with van der Waals surface area (Å²) in [7, 11) is 0. The average molecular weight is 270 g/mol. The summed E-state index contributed by atoms with van der Waals surface area (Å²) < 4.78 is 11.3. The Morgan fingerprint density at radius 2 is 2.33 bits per heavy atom. The quantitative estimate of drug-likeness (QED) is 0.742. The van der Waals surface area contributed by atoms with Gasteiger partial charge >= 0.3 is 0 Å². The zero-order valence-electron chi connectivity index (χ0n) is 11.2. The molecule has 0 aromatic carbocycles. The van der Waals surface area contributed by atoms with E-state index < -0.39 is 0 Å². The van der Waals surface area contributed by atoms with E-state index in [-0.39, 0.29) is 17.1 Å². The molecule has 0 N–H and O–H groups in total. The van der Waals surface area contributed by atoms with Crippen LogP contribution in [0.15, 0.2) is 10.7 Å². The van der Waals surface area contributed by atoms with Gasteiger partial charge < -0.3 is 9.47 Å². The summed E-state index contributed by atoms with van der Waals surface area (Å²) in [4.78, 5) is 13.2. The Kier molecular flexibility index (Phi) is 5.13. The Labute approximate surface area is 113 Å². The second-order valence-corrected chi connectivity index (χ2v) is 6.36. The molecule has 0 aromatic rings. The highest BCUT2D eigenvalue weighted by molar-refractivity contribution is 8.04. The third kappa shape index (κ3) is 3.29. The SMILES string of the molecule is CCCCC1=C(OCC2CCCO2)C(=O)C(C)S1. The Balaban J connectivity index is 1.93. The minimum Gasteiger partial charge on any atom is -0.486 e. The molecule has 0 amide bonds. The molecule has 102 valence electrons. The molecule has 4 heteroatoms. The van der Waals surface area contributed by atoms with Crippen molar-refractivity contribution < 1.29 is 14.3 Å². The summed E-state index contributed by atoms with van der Waals surface area (Å²) in [6.07, 6.45) is 5.57. The van der Waals surface area contributed by atoms with Crippen molar-refractivity contribution in [3.63, 3.8) is 0 Å². The van der Waals surface area contributed by atoms with Crippen molar-refractivity contribution in [2.24, 2.45) is 0 Å². The van der Waals surface area contributed by atoms with Crippen LogP contribution < -0.4 is 0 Å². The highest BCUT2D eigenvalue weighted by Gasteiger charge is 2.32. The number of ketones is 1. The largest absolute Gasteiger partial charge is 0.486 e. The molecule has 2 aliphatic rings. The van der Waals surface area contributed by atoms with E-state index >= 15 is 0 Å². The molecule has 0 bridgehead atoms. The number of carbonyl (C=O) groups is 1. The third-order valence-electron chi connectivity index (χ3n) is 3.36. The van der Waals surface area contributed by atoms with Crippen LogP contribution in [0.2, 0.25) is 0 Å². The number of ether oxygens (including phenoxy) is 2. The fourth-order valence-electron chi connectivity index (χ4n) is 2.26. The molecular weight excluding hydrogens is 248 g/mol. The van der Waals surface area contributed by atoms with Gasteiger partial charge in [-0.2, -0.15) is 0 Å². The molecule has 3 nitrogen and oxygen atoms in total. The lowest BCUT2D eigenvalue weighted by molar-refractivity contribution is -0.118. The van der Waals surface area contributed by atoms with Crippen LogP contribution in [-0.4, -0.2) is 30.4 Å². The molecular formula is C14H22O3S. The maximum Gasteiger partial charge on any atom is 0.211 e. The van der Waals surface area contributed by atoms with Crippen LogP contribution in [0.5, 0.6) is 0 Å². The van der Waals surface area contributed by atoms with Crippen molar-refractivity contribution in [2.45, 2.75) is 57.3 Å². The smallest absolute Gasteiger partial charge is 0.211 e. The molecule has 2 rings (SSSR count). The summed E-state index contributed by atoms with van der Waals surface area (Å²) in [5, 5.41) is 0.0244. The van der Waals surface area contributed by atoms with Gasteiger partial charge in [0.2, 0.25) is 5.78 Å². The molecule has 0 aromatic heterocycles. The summed E-state index contributed by atoms with van der Waals surface area (Å²) in [5.74, 6) is 0.778. The van der Waals surface area contributed by atoms with Gasteiger partial charge in [0.15, 0.2) is 5.76 Å². The second-order valence-electron chi connectivity index (χ2n) is 4.93. The number of thioether (sulfide) groups is 1. The van der Waals surface area contributed by atoms with Crippen molar-refractivity contribution >= 4 is 17.5 Å². The minimum atomic E-state index is 0.0244. The van der Waals surface area contributed by atoms with E-state index in [9.17, 15) is 4.79 Å². The molecule has 0 radical (unpaired) electrons. The number of rotatable bonds is 6. The summed E-state index contributed by atoms with van der Waals surface area (Å²) in [6, 6.07) is 0. The lowest BCUT2D eigenvalue weighted by atomic mass is 10.2. The first-order chi connectivity index (χ1) is 8.72. The van der Waals surface area contributed by atoms with E-state index in [1.54, 1.807) is 11.8 Å². The molecule has 0 aliphatic carbocycles. The number of hydrogen-bond acceptors (Lipinski definition) is 4. The van der Waals surface area contributed by atoms with E-state index in [4.69, 9.17) is 9.47 Å². The zero-order valence-corrected chi connectivity index (χ0v) is 12.1. The highest BCUT2D eigenvalue weighted by atomic mass is 32.2. The molecule has 2 aliphatic heterocycles. The maximum absolute atomic E-state index is 12.0. The van der Waals surface area contributed by atoms with Crippen molar-refractivity contribution in [1.82, 2.24) is 0 Å². The molecule has 1 fully saturated rings. The van der Waals surface area contributed by atoms with E-state index in [1.807, 2.05) is 6.92 Å². The Morgan fingerprint density at radius 1 is 1.50 bits per heavy atom. The summed E-state index contributed by atoms with van der Waals surface area (Å²) >= 11 is 1.67. The van der Waals surface area contributed by atoms with Gasteiger partial charge in [-0.3, -0.25) is 4.79 Å². The van der Waals surface area contributed by atoms with Gasteiger partial charge in [-0.05, 0) is 32.6 Å². The lowest BCUT2D eigenvalue weighted by Gasteiger charge is -2.12. The number of hydrogen-bond donors (Lipinski definition) is 0. The van der Waals surface area contributed by atoms with Crippen LogP contribution in [-0.2, 0) is 14.3 Å². The molecule has 1 saturated heterocycles. The number of allylic oxidation sites excluding steroid dienone is 2. The lowest BCUT2D eigenvalue weighted by Crippen LogP contribution is -2.18. The van der Waals surface area contributed by atoms with Gasteiger partial charge in [-0.1, -0.05) is 13.3 Å². The number of unbranched alkanes of at least 4 members (excludes halogenated alkanes) is 1. The number of Topliss-reactive ketones (excluding diaryl/α,β-unsaturated/α-hetero) is 1. The Bertz CT molecular complexity index is 332. The first kappa shape index (κ1) is 13.9. The predicted molar refractivity (Wildman–Crippen MR) is 73.5 cm³/mol. The van der Waals surface area contributed by atoms with Gasteiger partial charge in [-0.15, -0.1) is 11.8 Å². The topological polar surface area (TPSA) is 35.5 Å².